The molecule has 2 aliphatic rings. The molecule has 0 radical (unpaired) electrons. The maximum atomic E-state index is 12.7. The molecule has 0 aromatic carbocycles. The summed E-state index contributed by atoms with van der Waals surface area (Å²) in [5.41, 5.74) is 0. The minimum absolute atomic E-state index is 0.101. The van der Waals surface area contributed by atoms with Crippen LogP contribution in [0.25, 0.3) is 0 Å². The molecule has 12 heavy (non-hydrogen) atoms. The predicted octanol–water partition coefficient (Wildman–Crippen LogP) is 2.17. The Hall–Kier alpha value is -0.180. The molecule has 1 atom stereocenters. The van der Waals surface area contributed by atoms with Crippen LogP contribution in [-0.4, -0.2) is 18.5 Å². The van der Waals surface area contributed by atoms with Crippen molar-refractivity contribution in [1.82, 2.24) is 5.32 Å². The summed E-state index contributed by atoms with van der Waals surface area (Å²) in [6.07, 6.45) is 3.38. The van der Waals surface area contributed by atoms with E-state index in [2.05, 4.69) is 5.32 Å². The summed E-state index contributed by atoms with van der Waals surface area (Å²) in [5.74, 6) is -2.14. The van der Waals surface area contributed by atoms with E-state index in [1.165, 1.54) is 12.8 Å². The van der Waals surface area contributed by atoms with Crippen molar-refractivity contribution < 1.29 is 8.78 Å². The van der Waals surface area contributed by atoms with E-state index in [1.54, 1.807) is 0 Å². The van der Waals surface area contributed by atoms with E-state index in [9.17, 15) is 8.78 Å². The molecule has 0 heterocycles. The topological polar surface area (TPSA) is 12.0 Å². The number of hydrogen-bond donors (Lipinski definition) is 1. The van der Waals surface area contributed by atoms with Gasteiger partial charge in [-0.2, -0.15) is 0 Å². The highest BCUT2D eigenvalue weighted by Crippen LogP contribution is 2.38. The third kappa shape index (κ3) is 2.16. The van der Waals surface area contributed by atoms with Gasteiger partial charge in [0, 0.05) is 18.9 Å². The molecule has 0 aromatic rings. The lowest BCUT2D eigenvalue weighted by Crippen LogP contribution is -2.24. The molecule has 3 heteroatoms. The highest BCUT2D eigenvalue weighted by Gasteiger charge is 2.39. The summed E-state index contributed by atoms with van der Waals surface area (Å²) < 4.78 is 25.4. The largest absolute Gasteiger partial charge is 0.314 e. The second-order valence-corrected chi connectivity index (χ2v) is 4.15. The lowest BCUT2D eigenvalue weighted by molar-refractivity contribution is 0.00507. The molecule has 0 aromatic heterocycles. The SMILES string of the molecule is FC1(F)CCC(CNC2CC2)C1. The van der Waals surface area contributed by atoms with Gasteiger partial charge in [0.2, 0.25) is 5.92 Å². The van der Waals surface area contributed by atoms with Gasteiger partial charge in [0.15, 0.2) is 0 Å². The van der Waals surface area contributed by atoms with Crippen LogP contribution >= 0.6 is 0 Å². The Labute approximate surface area is 71.5 Å². The Morgan fingerprint density at radius 1 is 1.25 bits per heavy atom. The van der Waals surface area contributed by atoms with Gasteiger partial charge in [0.25, 0.3) is 0 Å². The Balaban J connectivity index is 1.68. The van der Waals surface area contributed by atoms with Crippen molar-refractivity contribution in [1.29, 1.82) is 0 Å². The molecule has 2 rings (SSSR count). The zero-order valence-corrected chi connectivity index (χ0v) is 7.15. The molecule has 2 fully saturated rings. The van der Waals surface area contributed by atoms with Gasteiger partial charge in [0.1, 0.15) is 0 Å². The number of nitrogens with one attached hydrogen (secondary N) is 1. The minimum Gasteiger partial charge on any atom is -0.314 e. The summed E-state index contributed by atoms with van der Waals surface area (Å²) in [7, 11) is 0. The fraction of sp³-hybridized carbons (Fsp3) is 1.00. The van der Waals surface area contributed by atoms with E-state index in [0.717, 1.165) is 6.54 Å². The highest BCUT2D eigenvalue weighted by molar-refractivity contribution is 4.86. The van der Waals surface area contributed by atoms with Crippen molar-refractivity contribution in [3.63, 3.8) is 0 Å². The van der Waals surface area contributed by atoms with Crippen molar-refractivity contribution in [2.24, 2.45) is 5.92 Å². The van der Waals surface area contributed by atoms with Crippen LogP contribution < -0.4 is 5.32 Å². The van der Waals surface area contributed by atoms with Crippen LogP contribution in [0, 0.1) is 5.92 Å². The van der Waals surface area contributed by atoms with E-state index in [0.29, 0.717) is 12.5 Å². The van der Waals surface area contributed by atoms with Gasteiger partial charge in [-0.1, -0.05) is 0 Å². The van der Waals surface area contributed by atoms with Crippen LogP contribution in [-0.2, 0) is 0 Å². The average molecular weight is 175 g/mol. The molecule has 0 bridgehead atoms. The number of rotatable bonds is 3. The third-order valence-electron chi connectivity index (χ3n) is 2.78. The summed E-state index contributed by atoms with van der Waals surface area (Å²) >= 11 is 0. The molecule has 0 saturated heterocycles. The normalized spacial score (nSPS) is 34.0. The first-order valence-corrected chi connectivity index (χ1v) is 4.77. The van der Waals surface area contributed by atoms with Gasteiger partial charge in [-0.3, -0.25) is 0 Å². The molecular formula is C9H15F2N. The monoisotopic (exact) mass is 175 g/mol. The minimum atomic E-state index is -2.37. The lowest BCUT2D eigenvalue weighted by Gasteiger charge is -2.10. The van der Waals surface area contributed by atoms with Crippen molar-refractivity contribution >= 4 is 0 Å². The molecule has 1 nitrogen and oxygen atoms in total. The molecular weight excluding hydrogens is 160 g/mol. The van der Waals surface area contributed by atoms with Crippen LogP contribution in [0.5, 0.6) is 0 Å². The first-order valence-electron chi connectivity index (χ1n) is 4.77. The number of hydrogen-bond acceptors (Lipinski definition) is 1. The van der Waals surface area contributed by atoms with Crippen LogP contribution in [0.3, 0.4) is 0 Å². The molecule has 0 amide bonds. The number of alkyl halides is 2. The van der Waals surface area contributed by atoms with E-state index in [1.807, 2.05) is 0 Å². The van der Waals surface area contributed by atoms with Gasteiger partial charge in [-0.05, 0) is 31.7 Å². The molecule has 2 aliphatic carbocycles. The fourth-order valence-corrected chi connectivity index (χ4v) is 1.84. The van der Waals surface area contributed by atoms with Gasteiger partial charge in [-0.15, -0.1) is 0 Å². The second kappa shape index (κ2) is 2.95. The van der Waals surface area contributed by atoms with Gasteiger partial charge in [-0.25, -0.2) is 8.78 Å². The fourth-order valence-electron chi connectivity index (χ4n) is 1.84. The Morgan fingerprint density at radius 3 is 2.50 bits per heavy atom. The zero-order chi connectivity index (χ0) is 8.60. The lowest BCUT2D eigenvalue weighted by atomic mass is 10.1. The van der Waals surface area contributed by atoms with Crippen molar-refractivity contribution in [2.45, 2.75) is 44.1 Å². The number of halogens is 2. The van der Waals surface area contributed by atoms with Crippen molar-refractivity contribution in [3.05, 3.63) is 0 Å². The second-order valence-electron chi connectivity index (χ2n) is 4.15. The summed E-state index contributed by atoms with van der Waals surface area (Å²) in [5, 5.41) is 3.30. The molecule has 0 spiro atoms. The highest BCUT2D eigenvalue weighted by atomic mass is 19.3. The quantitative estimate of drug-likeness (QED) is 0.693. The van der Waals surface area contributed by atoms with Crippen LogP contribution in [0.2, 0.25) is 0 Å². The first kappa shape index (κ1) is 8.42. The molecule has 2 saturated carbocycles. The first-order chi connectivity index (χ1) is 5.66. The van der Waals surface area contributed by atoms with Crippen LogP contribution in [0.15, 0.2) is 0 Å². The van der Waals surface area contributed by atoms with Crippen LogP contribution in [0.1, 0.15) is 32.1 Å². The summed E-state index contributed by atoms with van der Waals surface area (Å²) in [4.78, 5) is 0. The molecule has 1 unspecified atom stereocenters. The van der Waals surface area contributed by atoms with E-state index in [-0.39, 0.29) is 18.8 Å². The maximum Gasteiger partial charge on any atom is 0.248 e. The summed E-state index contributed by atoms with van der Waals surface area (Å²) in [6, 6.07) is 0.652. The Kier molecular flexibility index (Phi) is 2.07. The summed E-state index contributed by atoms with van der Waals surface area (Å²) in [6.45, 7) is 0.806. The van der Waals surface area contributed by atoms with Gasteiger partial charge >= 0.3 is 0 Å². The Morgan fingerprint density at radius 2 is 2.00 bits per heavy atom. The molecule has 70 valence electrons. The van der Waals surface area contributed by atoms with Crippen LogP contribution in [0.4, 0.5) is 8.78 Å². The van der Waals surface area contributed by atoms with E-state index >= 15 is 0 Å². The zero-order valence-electron chi connectivity index (χ0n) is 7.15. The predicted molar refractivity (Wildman–Crippen MR) is 43.3 cm³/mol. The van der Waals surface area contributed by atoms with Crippen molar-refractivity contribution in [3.8, 4) is 0 Å². The molecule has 1 N–H and O–H groups in total. The average Bonchev–Trinajstić information content (AvgIpc) is 2.74. The molecule has 0 aliphatic heterocycles. The standard InChI is InChI=1S/C9H15F2N/c10-9(11)4-3-7(5-9)6-12-8-1-2-8/h7-8,12H,1-6H2. The maximum absolute atomic E-state index is 12.7. The smallest absolute Gasteiger partial charge is 0.248 e. The third-order valence-corrected chi connectivity index (χ3v) is 2.78. The van der Waals surface area contributed by atoms with Crippen molar-refractivity contribution in [2.75, 3.05) is 6.54 Å². The van der Waals surface area contributed by atoms with E-state index in [4.69, 9.17) is 0 Å². The van der Waals surface area contributed by atoms with Gasteiger partial charge < -0.3 is 5.32 Å². The van der Waals surface area contributed by atoms with E-state index < -0.39 is 5.92 Å². The Bertz CT molecular complexity index is 166. The van der Waals surface area contributed by atoms with Gasteiger partial charge in [0.05, 0.1) is 0 Å².